The predicted octanol–water partition coefficient (Wildman–Crippen LogP) is 1.32. The van der Waals surface area contributed by atoms with Gasteiger partial charge in [0, 0.05) is 37.1 Å². The maximum atomic E-state index is 12.2. The standard InChI is InChI=1S/C15H16N6O2S/c22-12(20-7-6-17-14(20)23)9-24-15-19-18-13(21(15)11-3-4-11)10-2-1-5-16-8-10/h1-2,5,8,11H,3-4,6-7,9H2,(H,17,23). The summed E-state index contributed by atoms with van der Waals surface area (Å²) in [5, 5.41) is 11.9. The Kier molecular flexibility index (Phi) is 3.93. The Hall–Kier alpha value is -2.42. The molecule has 0 radical (unpaired) electrons. The van der Waals surface area contributed by atoms with Crippen LogP contribution in [0.1, 0.15) is 18.9 Å². The minimum absolute atomic E-state index is 0.172. The van der Waals surface area contributed by atoms with Gasteiger partial charge in [-0.25, -0.2) is 4.79 Å². The van der Waals surface area contributed by atoms with E-state index in [1.165, 1.54) is 16.7 Å². The molecule has 1 aliphatic heterocycles. The maximum Gasteiger partial charge on any atom is 0.324 e. The van der Waals surface area contributed by atoms with Crippen molar-refractivity contribution in [2.24, 2.45) is 0 Å². The number of thioether (sulfide) groups is 1. The Bertz CT molecular complexity index is 774. The zero-order valence-corrected chi connectivity index (χ0v) is 13.7. The number of imide groups is 1. The lowest BCUT2D eigenvalue weighted by Crippen LogP contribution is -2.35. The van der Waals surface area contributed by atoms with Crippen LogP contribution in [0.25, 0.3) is 11.4 Å². The summed E-state index contributed by atoms with van der Waals surface area (Å²) >= 11 is 1.33. The number of nitrogens with one attached hydrogen (secondary N) is 1. The van der Waals surface area contributed by atoms with Crippen molar-refractivity contribution in [3.05, 3.63) is 24.5 Å². The average molecular weight is 344 g/mol. The van der Waals surface area contributed by atoms with Gasteiger partial charge < -0.3 is 5.32 Å². The first-order valence-electron chi connectivity index (χ1n) is 7.80. The van der Waals surface area contributed by atoms with Gasteiger partial charge in [0.1, 0.15) is 0 Å². The summed E-state index contributed by atoms with van der Waals surface area (Å²) in [6.45, 7) is 0.938. The van der Waals surface area contributed by atoms with Crippen LogP contribution in [0.5, 0.6) is 0 Å². The van der Waals surface area contributed by atoms with Gasteiger partial charge in [-0.2, -0.15) is 0 Å². The highest BCUT2D eigenvalue weighted by atomic mass is 32.2. The highest BCUT2D eigenvalue weighted by Gasteiger charge is 2.31. The highest BCUT2D eigenvalue weighted by Crippen LogP contribution is 2.40. The Balaban J connectivity index is 1.52. The van der Waals surface area contributed by atoms with Gasteiger partial charge >= 0.3 is 6.03 Å². The SMILES string of the molecule is O=C(CSc1nnc(-c2cccnc2)n1C1CC1)N1CCNC1=O. The molecule has 3 heterocycles. The molecular formula is C15H16N6O2S. The van der Waals surface area contributed by atoms with Crippen molar-refractivity contribution in [2.45, 2.75) is 24.0 Å². The maximum absolute atomic E-state index is 12.2. The number of carbonyl (C=O) groups excluding carboxylic acids is 2. The van der Waals surface area contributed by atoms with Crippen LogP contribution in [0.15, 0.2) is 29.7 Å². The average Bonchev–Trinajstić information content (AvgIpc) is 3.21. The summed E-state index contributed by atoms with van der Waals surface area (Å²) in [5.41, 5.74) is 0.911. The number of urea groups is 1. The van der Waals surface area contributed by atoms with E-state index in [0.717, 1.165) is 24.2 Å². The van der Waals surface area contributed by atoms with Gasteiger partial charge in [0.05, 0.1) is 5.75 Å². The van der Waals surface area contributed by atoms with Gasteiger partial charge in [0.2, 0.25) is 5.91 Å². The van der Waals surface area contributed by atoms with Gasteiger partial charge in [0.25, 0.3) is 0 Å². The lowest BCUT2D eigenvalue weighted by atomic mass is 10.3. The van der Waals surface area contributed by atoms with Crippen molar-refractivity contribution in [1.29, 1.82) is 0 Å². The number of carbonyl (C=O) groups is 2. The molecule has 1 N–H and O–H groups in total. The number of rotatable bonds is 5. The van der Waals surface area contributed by atoms with Gasteiger partial charge in [-0.05, 0) is 25.0 Å². The molecule has 9 heteroatoms. The van der Waals surface area contributed by atoms with Crippen LogP contribution in [-0.2, 0) is 4.79 Å². The van der Waals surface area contributed by atoms with Gasteiger partial charge in [-0.1, -0.05) is 11.8 Å². The Morgan fingerprint density at radius 3 is 2.92 bits per heavy atom. The van der Waals surface area contributed by atoms with Crippen molar-refractivity contribution < 1.29 is 9.59 Å². The first-order chi connectivity index (χ1) is 11.7. The van der Waals surface area contributed by atoms with E-state index in [0.29, 0.717) is 24.3 Å². The molecule has 2 fully saturated rings. The van der Waals surface area contributed by atoms with Gasteiger partial charge in [-0.3, -0.25) is 19.2 Å². The smallest absolute Gasteiger partial charge is 0.324 e. The minimum atomic E-state index is -0.319. The molecule has 2 aliphatic rings. The van der Waals surface area contributed by atoms with E-state index in [1.807, 2.05) is 12.1 Å². The summed E-state index contributed by atoms with van der Waals surface area (Å²) in [6, 6.07) is 3.87. The van der Waals surface area contributed by atoms with Crippen LogP contribution < -0.4 is 5.32 Å². The van der Waals surface area contributed by atoms with E-state index in [9.17, 15) is 9.59 Å². The normalized spacial score (nSPS) is 17.2. The van der Waals surface area contributed by atoms with E-state index in [1.54, 1.807) is 12.4 Å². The summed E-state index contributed by atoms with van der Waals surface area (Å²) in [7, 11) is 0. The zero-order chi connectivity index (χ0) is 16.5. The predicted molar refractivity (Wildman–Crippen MR) is 87.4 cm³/mol. The molecule has 1 saturated heterocycles. The molecule has 8 nitrogen and oxygen atoms in total. The fourth-order valence-electron chi connectivity index (χ4n) is 2.64. The molecule has 1 saturated carbocycles. The second kappa shape index (κ2) is 6.23. The molecule has 24 heavy (non-hydrogen) atoms. The molecule has 2 aromatic heterocycles. The quantitative estimate of drug-likeness (QED) is 0.822. The van der Waals surface area contributed by atoms with Crippen molar-refractivity contribution >= 4 is 23.7 Å². The minimum Gasteiger partial charge on any atom is -0.336 e. The van der Waals surface area contributed by atoms with Crippen LogP contribution in [0.2, 0.25) is 0 Å². The molecule has 2 aromatic rings. The van der Waals surface area contributed by atoms with Crippen molar-refractivity contribution in [1.82, 2.24) is 30.0 Å². The van der Waals surface area contributed by atoms with E-state index in [-0.39, 0.29) is 17.7 Å². The Labute approximate surface area is 142 Å². The second-order valence-corrected chi connectivity index (χ2v) is 6.66. The molecule has 0 atom stereocenters. The number of amides is 3. The molecular weight excluding hydrogens is 328 g/mol. The second-order valence-electron chi connectivity index (χ2n) is 5.72. The van der Waals surface area contributed by atoms with Crippen molar-refractivity contribution in [2.75, 3.05) is 18.8 Å². The van der Waals surface area contributed by atoms with Crippen LogP contribution in [0, 0.1) is 0 Å². The largest absolute Gasteiger partial charge is 0.336 e. The van der Waals surface area contributed by atoms with Crippen LogP contribution in [-0.4, -0.2) is 55.4 Å². The van der Waals surface area contributed by atoms with Crippen molar-refractivity contribution in [3.63, 3.8) is 0 Å². The van der Waals surface area contributed by atoms with Crippen molar-refractivity contribution in [3.8, 4) is 11.4 Å². The molecule has 1 aliphatic carbocycles. The Morgan fingerprint density at radius 1 is 1.38 bits per heavy atom. The molecule has 0 spiro atoms. The van der Waals surface area contributed by atoms with E-state index in [4.69, 9.17) is 0 Å². The first-order valence-corrected chi connectivity index (χ1v) is 8.79. The number of aromatic nitrogens is 4. The molecule has 0 aromatic carbocycles. The fraction of sp³-hybridized carbons (Fsp3) is 0.400. The van der Waals surface area contributed by atoms with E-state index < -0.39 is 0 Å². The third-order valence-electron chi connectivity index (χ3n) is 3.98. The lowest BCUT2D eigenvalue weighted by molar-refractivity contribution is -0.124. The van der Waals surface area contributed by atoms with Gasteiger partial charge in [-0.15, -0.1) is 10.2 Å². The summed E-state index contributed by atoms with van der Waals surface area (Å²) < 4.78 is 2.08. The molecule has 3 amide bonds. The molecule has 0 unspecified atom stereocenters. The molecule has 124 valence electrons. The monoisotopic (exact) mass is 344 g/mol. The first kappa shape index (κ1) is 15.1. The summed E-state index contributed by atoms with van der Waals surface area (Å²) in [4.78, 5) is 29.1. The van der Waals surface area contributed by atoms with Crippen LogP contribution in [0.3, 0.4) is 0 Å². The van der Waals surface area contributed by atoms with Crippen LogP contribution in [0.4, 0.5) is 4.79 Å². The number of hydrogen-bond acceptors (Lipinski definition) is 6. The van der Waals surface area contributed by atoms with E-state index in [2.05, 4.69) is 25.1 Å². The number of nitrogens with zero attached hydrogens (tertiary/aromatic N) is 5. The third-order valence-corrected chi connectivity index (χ3v) is 4.91. The molecule has 0 bridgehead atoms. The lowest BCUT2D eigenvalue weighted by Gasteiger charge is -2.12. The molecule has 4 rings (SSSR count). The fourth-order valence-corrected chi connectivity index (χ4v) is 3.52. The number of hydrogen-bond donors (Lipinski definition) is 1. The highest BCUT2D eigenvalue weighted by molar-refractivity contribution is 7.99. The topological polar surface area (TPSA) is 93.0 Å². The summed E-state index contributed by atoms with van der Waals surface area (Å²) in [5.74, 6) is 0.744. The zero-order valence-electron chi connectivity index (χ0n) is 12.9. The Morgan fingerprint density at radius 2 is 2.25 bits per heavy atom. The summed E-state index contributed by atoms with van der Waals surface area (Å²) in [6.07, 6.45) is 5.65. The number of pyridine rings is 1. The van der Waals surface area contributed by atoms with Crippen LogP contribution >= 0.6 is 11.8 Å². The van der Waals surface area contributed by atoms with Gasteiger partial charge in [0.15, 0.2) is 11.0 Å². The third kappa shape index (κ3) is 2.86. The van der Waals surface area contributed by atoms with E-state index >= 15 is 0 Å².